The van der Waals surface area contributed by atoms with Gasteiger partial charge in [0.05, 0.1) is 15.2 Å². The number of rotatable bonds is 5. The third-order valence-corrected chi connectivity index (χ3v) is 5.32. The van der Waals surface area contributed by atoms with E-state index in [1.807, 2.05) is 0 Å². The molecule has 3 N–H and O–H groups in total. The molecular weight excluding hydrogens is 298 g/mol. The van der Waals surface area contributed by atoms with Gasteiger partial charge in [-0.2, -0.15) is 0 Å². The van der Waals surface area contributed by atoms with Crippen LogP contribution < -0.4 is 11.1 Å². The Balaban J connectivity index is 2.96. The van der Waals surface area contributed by atoms with E-state index in [-0.39, 0.29) is 23.5 Å². The van der Waals surface area contributed by atoms with Crippen LogP contribution in [0.1, 0.15) is 24.2 Å². The lowest BCUT2D eigenvalue weighted by atomic mass is 10.1. The third-order valence-electron chi connectivity index (χ3n) is 3.17. The van der Waals surface area contributed by atoms with Crippen LogP contribution in [0.3, 0.4) is 0 Å². The number of sulfone groups is 1. The number of nitro benzene ring substituents is 1. The molecular formula is C12H17N3O5S. The summed E-state index contributed by atoms with van der Waals surface area (Å²) in [5.41, 5.74) is 5.36. The molecule has 1 aromatic rings. The van der Waals surface area contributed by atoms with Crippen molar-refractivity contribution in [2.24, 2.45) is 0 Å². The van der Waals surface area contributed by atoms with Crippen molar-refractivity contribution < 1.29 is 18.1 Å². The number of nitrogens with one attached hydrogen (secondary N) is 1. The van der Waals surface area contributed by atoms with Gasteiger partial charge in [-0.1, -0.05) is 0 Å². The molecule has 1 amide bonds. The van der Waals surface area contributed by atoms with E-state index in [0.717, 1.165) is 12.3 Å². The number of carbonyl (C=O) groups is 1. The fourth-order valence-electron chi connectivity index (χ4n) is 1.37. The van der Waals surface area contributed by atoms with Gasteiger partial charge in [-0.15, -0.1) is 0 Å². The number of amides is 1. The molecule has 0 aromatic heterocycles. The summed E-state index contributed by atoms with van der Waals surface area (Å²) in [5, 5.41) is 13.1. The minimum absolute atomic E-state index is 0.0616. The average Bonchev–Trinajstić information content (AvgIpc) is 2.35. The van der Waals surface area contributed by atoms with Crippen LogP contribution in [-0.4, -0.2) is 36.8 Å². The quantitative estimate of drug-likeness (QED) is 0.467. The molecule has 0 heterocycles. The summed E-state index contributed by atoms with van der Waals surface area (Å²) in [6.07, 6.45) is 1.07. The SMILES string of the molecule is CC(C)(CNC(=O)c1cc([N+](=O)[O-])ccc1N)S(C)(=O)=O. The first-order chi connectivity index (χ1) is 9.45. The summed E-state index contributed by atoms with van der Waals surface area (Å²) in [6.45, 7) is 2.81. The largest absolute Gasteiger partial charge is 0.398 e. The van der Waals surface area contributed by atoms with E-state index in [4.69, 9.17) is 5.73 Å². The molecule has 0 radical (unpaired) electrons. The summed E-state index contributed by atoms with van der Waals surface area (Å²) < 4.78 is 21.9. The van der Waals surface area contributed by atoms with Crippen LogP contribution in [0.4, 0.5) is 11.4 Å². The van der Waals surface area contributed by atoms with Crippen molar-refractivity contribution in [1.82, 2.24) is 5.32 Å². The van der Waals surface area contributed by atoms with Crippen molar-refractivity contribution in [3.8, 4) is 0 Å². The van der Waals surface area contributed by atoms with Gasteiger partial charge in [0.25, 0.3) is 11.6 Å². The zero-order chi connectivity index (χ0) is 16.4. The first-order valence-corrected chi connectivity index (χ1v) is 7.86. The average molecular weight is 315 g/mol. The number of nitrogens with zero attached hydrogens (tertiary/aromatic N) is 1. The van der Waals surface area contributed by atoms with Gasteiger partial charge in [-0.25, -0.2) is 8.42 Å². The highest BCUT2D eigenvalue weighted by atomic mass is 32.2. The molecule has 1 rings (SSSR count). The Morgan fingerprint density at radius 3 is 2.48 bits per heavy atom. The second kappa shape index (κ2) is 5.68. The first-order valence-electron chi connectivity index (χ1n) is 5.97. The Labute approximate surface area is 122 Å². The lowest BCUT2D eigenvalue weighted by Gasteiger charge is -2.22. The molecule has 0 bridgehead atoms. The van der Waals surface area contributed by atoms with Gasteiger partial charge in [0.2, 0.25) is 0 Å². The van der Waals surface area contributed by atoms with Crippen molar-refractivity contribution in [2.45, 2.75) is 18.6 Å². The van der Waals surface area contributed by atoms with Crippen molar-refractivity contribution in [3.63, 3.8) is 0 Å². The van der Waals surface area contributed by atoms with Crippen LogP contribution in [0, 0.1) is 10.1 Å². The number of non-ortho nitro benzene ring substituents is 1. The Kier molecular flexibility index (Phi) is 4.57. The molecule has 8 nitrogen and oxygen atoms in total. The second-order valence-corrected chi connectivity index (χ2v) is 7.89. The molecule has 0 saturated heterocycles. The lowest BCUT2D eigenvalue weighted by molar-refractivity contribution is -0.384. The van der Waals surface area contributed by atoms with Crippen LogP contribution in [-0.2, 0) is 9.84 Å². The van der Waals surface area contributed by atoms with Gasteiger partial charge in [0.15, 0.2) is 9.84 Å². The van der Waals surface area contributed by atoms with Crippen LogP contribution in [0.2, 0.25) is 0 Å². The number of nitrogen functional groups attached to an aromatic ring is 1. The van der Waals surface area contributed by atoms with Crippen LogP contribution >= 0.6 is 0 Å². The molecule has 0 atom stereocenters. The predicted octanol–water partition coefficient (Wildman–Crippen LogP) is 0.730. The lowest BCUT2D eigenvalue weighted by Crippen LogP contribution is -2.43. The van der Waals surface area contributed by atoms with Crippen molar-refractivity contribution in [3.05, 3.63) is 33.9 Å². The standard InChI is InChI=1S/C12H17N3O5S/c1-12(2,21(3,19)20)7-14-11(16)9-6-8(15(17)18)4-5-10(9)13/h4-6H,7,13H2,1-3H3,(H,14,16). The second-order valence-electron chi connectivity index (χ2n) is 5.24. The summed E-state index contributed by atoms with van der Waals surface area (Å²) in [5.74, 6) is -0.659. The maximum absolute atomic E-state index is 12.0. The zero-order valence-electron chi connectivity index (χ0n) is 11.9. The summed E-state index contributed by atoms with van der Waals surface area (Å²) >= 11 is 0. The van der Waals surface area contributed by atoms with Crippen molar-refractivity contribution in [1.29, 1.82) is 0 Å². The molecule has 116 valence electrons. The van der Waals surface area contributed by atoms with Crippen molar-refractivity contribution in [2.75, 3.05) is 18.5 Å². The minimum Gasteiger partial charge on any atom is -0.398 e. The van der Waals surface area contributed by atoms with Crippen molar-refractivity contribution >= 4 is 27.1 Å². The molecule has 0 aliphatic heterocycles. The molecule has 1 aromatic carbocycles. The highest BCUT2D eigenvalue weighted by Crippen LogP contribution is 2.20. The Morgan fingerprint density at radius 1 is 1.43 bits per heavy atom. The van der Waals surface area contributed by atoms with E-state index in [1.165, 1.54) is 26.0 Å². The van der Waals surface area contributed by atoms with Gasteiger partial charge in [-0.3, -0.25) is 14.9 Å². The van der Waals surface area contributed by atoms with Gasteiger partial charge in [0, 0.05) is 30.6 Å². The number of benzene rings is 1. The third kappa shape index (κ3) is 3.91. The summed E-state index contributed by atoms with van der Waals surface area (Å²) in [6, 6.07) is 3.50. The van der Waals surface area contributed by atoms with Gasteiger partial charge in [-0.05, 0) is 19.9 Å². The van der Waals surface area contributed by atoms with Gasteiger partial charge < -0.3 is 11.1 Å². The van der Waals surface area contributed by atoms with E-state index >= 15 is 0 Å². The number of hydrogen-bond donors (Lipinski definition) is 2. The zero-order valence-corrected chi connectivity index (χ0v) is 12.7. The molecule has 9 heteroatoms. The van der Waals surface area contributed by atoms with E-state index in [9.17, 15) is 23.3 Å². The number of nitro groups is 1. The fraction of sp³-hybridized carbons (Fsp3) is 0.417. The topological polar surface area (TPSA) is 132 Å². The molecule has 0 fully saturated rings. The Hall–Kier alpha value is -2.16. The van der Waals surface area contributed by atoms with Crippen LogP contribution in [0.15, 0.2) is 18.2 Å². The first kappa shape index (κ1) is 16.9. The normalized spacial score (nSPS) is 12.0. The van der Waals surface area contributed by atoms with E-state index in [2.05, 4.69) is 5.32 Å². The van der Waals surface area contributed by atoms with E-state index < -0.39 is 25.4 Å². The molecule has 0 spiro atoms. The summed E-state index contributed by atoms with van der Waals surface area (Å²) in [4.78, 5) is 22.1. The number of carbonyl (C=O) groups excluding carboxylic acids is 1. The van der Waals surface area contributed by atoms with Gasteiger partial charge >= 0.3 is 0 Å². The molecule has 21 heavy (non-hydrogen) atoms. The van der Waals surface area contributed by atoms with Crippen LogP contribution in [0.5, 0.6) is 0 Å². The summed E-state index contributed by atoms with van der Waals surface area (Å²) in [7, 11) is -3.37. The molecule has 0 aliphatic carbocycles. The Bertz CT molecular complexity index is 682. The predicted molar refractivity (Wildman–Crippen MR) is 78.8 cm³/mol. The minimum atomic E-state index is -3.37. The van der Waals surface area contributed by atoms with E-state index in [1.54, 1.807) is 0 Å². The van der Waals surface area contributed by atoms with Crippen LogP contribution in [0.25, 0.3) is 0 Å². The molecule has 0 saturated carbocycles. The number of anilines is 1. The number of hydrogen-bond acceptors (Lipinski definition) is 6. The van der Waals surface area contributed by atoms with Gasteiger partial charge in [0.1, 0.15) is 0 Å². The molecule has 0 unspecified atom stereocenters. The highest BCUT2D eigenvalue weighted by Gasteiger charge is 2.31. The Morgan fingerprint density at radius 2 is 2.00 bits per heavy atom. The fourth-order valence-corrected chi connectivity index (χ4v) is 1.71. The van der Waals surface area contributed by atoms with E-state index in [0.29, 0.717) is 0 Å². The maximum Gasteiger partial charge on any atom is 0.270 e. The molecule has 0 aliphatic rings. The maximum atomic E-state index is 12.0. The highest BCUT2D eigenvalue weighted by molar-refractivity contribution is 7.92. The monoisotopic (exact) mass is 315 g/mol. The smallest absolute Gasteiger partial charge is 0.270 e. The number of nitrogens with two attached hydrogens (primary N) is 1.